The zero-order valence-electron chi connectivity index (χ0n) is 29.2. The zero-order valence-corrected chi connectivity index (χ0v) is 30.0. The lowest BCUT2D eigenvalue weighted by Crippen LogP contribution is -2.58. The van der Waals surface area contributed by atoms with Crippen molar-refractivity contribution in [2.24, 2.45) is 5.73 Å². The molecule has 1 aliphatic heterocycles. The smallest absolute Gasteiger partial charge is 0.490 e. The number of amides is 1. The third kappa shape index (κ3) is 9.65. The number of hydrogen-bond acceptors (Lipinski definition) is 7. The number of alkyl halides is 5. The number of ether oxygens (including phenoxy) is 2. The Morgan fingerprint density at radius 1 is 0.815 bits per heavy atom. The summed E-state index contributed by atoms with van der Waals surface area (Å²) in [6, 6.07) is 21.3. The Balaban J connectivity index is 0.000000730. The van der Waals surface area contributed by atoms with Crippen LogP contribution < -0.4 is 15.2 Å². The second kappa shape index (κ2) is 16.7. The van der Waals surface area contributed by atoms with E-state index in [1.54, 1.807) is 42.5 Å². The number of para-hydroxylation sites is 1. The van der Waals surface area contributed by atoms with Crippen LogP contribution in [0.3, 0.4) is 0 Å². The Morgan fingerprint density at radius 3 is 1.94 bits per heavy atom. The monoisotopic (exact) mass is 777 g/mol. The fraction of sp³-hybridized carbons (Fsp3) is 0.368. The Hall–Kier alpha value is -4.80. The summed E-state index contributed by atoms with van der Waals surface area (Å²) in [5.74, 6) is -6.09. The molecule has 1 aliphatic carbocycles. The lowest BCUT2D eigenvalue weighted by molar-refractivity contribution is -0.192. The van der Waals surface area contributed by atoms with Crippen LogP contribution in [0.2, 0.25) is 0 Å². The van der Waals surface area contributed by atoms with E-state index >= 15 is 8.78 Å². The molecular weight excluding hydrogens is 737 g/mol. The lowest BCUT2D eigenvalue weighted by atomic mass is 9.98. The molecular formula is C38H40F5N3O7S. The number of hydrogen-bond donors (Lipinski definition) is 2. The predicted molar refractivity (Wildman–Crippen MR) is 190 cm³/mol. The first-order valence-electron chi connectivity index (χ1n) is 17.2. The number of likely N-dealkylation sites (tertiary alicyclic amines) is 1. The molecule has 3 N–H and O–H groups in total. The molecule has 0 spiro atoms. The summed E-state index contributed by atoms with van der Waals surface area (Å²) in [5, 5.41) is 8.48. The first-order valence-corrected chi connectivity index (χ1v) is 18.6. The van der Waals surface area contributed by atoms with Gasteiger partial charge in [-0.25, -0.2) is 13.2 Å². The summed E-state index contributed by atoms with van der Waals surface area (Å²) in [5.41, 5.74) is 5.49. The molecule has 290 valence electrons. The number of aliphatic carboxylic acids is 1. The Labute approximate surface area is 309 Å². The third-order valence-electron chi connectivity index (χ3n) is 9.32. The highest BCUT2D eigenvalue weighted by Gasteiger charge is 2.53. The minimum Gasteiger partial charge on any atom is -0.490 e. The minimum absolute atomic E-state index is 0.154. The van der Waals surface area contributed by atoms with E-state index in [0.29, 0.717) is 39.8 Å². The van der Waals surface area contributed by atoms with E-state index in [1.807, 2.05) is 12.1 Å². The van der Waals surface area contributed by atoms with Crippen LogP contribution in [0.5, 0.6) is 17.2 Å². The largest absolute Gasteiger partial charge is 0.490 e. The number of carbonyl (C=O) groups is 2. The fourth-order valence-corrected chi connectivity index (χ4v) is 7.65. The molecule has 1 saturated carbocycles. The van der Waals surface area contributed by atoms with Crippen molar-refractivity contribution < 1.29 is 54.5 Å². The van der Waals surface area contributed by atoms with E-state index in [2.05, 4.69) is 0 Å². The zero-order chi connectivity index (χ0) is 39.3. The molecule has 1 amide bonds. The summed E-state index contributed by atoms with van der Waals surface area (Å²) in [6.45, 7) is 0.317. The molecule has 0 bridgehead atoms. The summed E-state index contributed by atoms with van der Waals surface area (Å²) in [6.07, 6.45) is 0.222. The van der Waals surface area contributed by atoms with Crippen molar-refractivity contribution in [1.29, 1.82) is 0 Å². The average molecular weight is 778 g/mol. The SMILES string of the molecule is CN(C(C(=O)N1CCC(N)CC1)C(F)(F)c1ccc(Oc2ccccc2)cc1)S(=O)(=O)c1ccc2cc(OC3CCCC3)ccc2c1.O=C(O)C(F)(F)F. The number of carboxylic acids is 1. The maximum absolute atomic E-state index is 16.6. The molecule has 10 nitrogen and oxygen atoms in total. The molecule has 2 fully saturated rings. The van der Waals surface area contributed by atoms with Crippen LogP contribution in [0.1, 0.15) is 44.1 Å². The highest BCUT2D eigenvalue weighted by Crippen LogP contribution is 2.39. The van der Waals surface area contributed by atoms with E-state index in [-0.39, 0.29) is 30.1 Å². The van der Waals surface area contributed by atoms with Crippen molar-refractivity contribution in [2.45, 2.75) is 73.7 Å². The van der Waals surface area contributed by atoms with Gasteiger partial charge in [-0.15, -0.1) is 0 Å². The predicted octanol–water partition coefficient (Wildman–Crippen LogP) is 7.32. The average Bonchev–Trinajstić information content (AvgIpc) is 3.65. The van der Waals surface area contributed by atoms with Crippen LogP contribution in [0.25, 0.3) is 10.8 Å². The number of carboxylic acid groups (broad SMARTS) is 1. The van der Waals surface area contributed by atoms with E-state index in [0.717, 1.165) is 50.2 Å². The summed E-state index contributed by atoms with van der Waals surface area (Å²) in [4.78, 5) is 23.9. The molecule has 4 aromatic rings. The van der Waals surface area contributed by atoms with Gasteiger partial charge in [0.05, 0.1) is 11.0 Å². The summed E-state index contributed by atoms with van der Waals surface area (Å²) >= 11 is 0. The second-order valence-electron chi connectivity index (χ2n) is 13.1. The molecule has 54 heavy (non-hydrogen) atoms. The number of nitrogens with zero attached hydrogens (tertiary/aromatic N) is 2. The van der Waals surface area contributed by atoms with Gasteiger partial charge >= 0.3 is 12.1 Å². The molecule has 2 aliphatic rings. The molecule has 1 saturated heterocycles. The van der Waals surface area contributed by atoms with Crippen molar-refractivity contribution in [3.63, 3.8) is 0 Å². The quantitative estimate of drug-likeness (QED) is 0.160. The van der Waals surface area contributed by atoms with Crippen LogP contribution in [-0.4, -0.2) is 79.1 Å². The molecule has 1 unspecified atom stereocenters. The number of benzene rings is 4. The number of rotatable bonds is 10. The standard InChI is InChI=1S/C36H39F2N3O5S.C2HF3O2/c1-40(47(43,44)33-18-12-25-23-32(15-11-26(25)24-33)46-30-9-5-6-10-30)34(35(42)41-21-19-28(39)20-22-41)36(37,38)27-13-16-31(17-14-27)45-29-7-3-2-4-8-29;3-2(4,5)1(6)7/h2-4,7-8,11-18,23-24,28,30,34H,5-6,9-10,19-22,39H2,1H3;(H,6,7). The number of halogens is 5. The van der Waals surface area contributed by atoms with E-state index < -0.39 is 45.6 Å². The van der Waals surface area contributed by atoms with Gasteiger partial charge in [0.2, 0.25) is 15.9 Å². The second-order valence-corrected chi connectivity index (χ2v) is 15.1. The maximum atomic E-state index is 16.6. The molecule has 1 heterocycles. The molecule has 0 aromatic heterocycles. The fourth-order valence-electron chi connectivity index (χ4n) is 6.30. The number of nitrogens with two attached hydrogens (primary N) is 1. The van der Waals surface area contributed by atoms with Gasteiger partial charge in [0.25, 0.3) is 5.92 Å². The first kappa shape index (κ1) is 40.4. The van der Waals surface area contributed by atoms with Crippen molar-refractivity contribution >= 4 is 32.7 Å². The lowest BCUT2D eigenvalue weighted by Gasteiger charge is -2.38. The molecule has 6 rings (SSSR count). The van der Waals surface area contributed by atoms with Crippen molar-refractivity contribution in [1.82, 2.24) is 9.21 Å². The van der Waals surface area contributed by atoms with Crippen LogP contribution in [-0.2, 0) is 25.5 Å². The topological polar surface area (TPSA) is 139 Å². The number of sulfonamides is 1. The number of likely N-dealkylation sites (N-methyl/N-ethyl adjacent to an activating group) is 1. The normalized spacial score (nSPS) is 16.5. The number of carbonyl (C=O) groups excluding carboxylic acids is 1. The van der Waals surface area contributed by atoms with E-state index in [4.69, 9.17) is 25.1 Å². The van der Waals surface area contributed by atoms with Gasteiger partial charge < -0.3 is 25.2 Å². The van der Waals surface area contributed by atoms with Crippen molar-refractivity contribution in [3.8, 4) is 17.2 Å². The Morgan fingerprint density at radius 2 is 1.35 bits per heavy atom. The van der Waals surface area contributed by atoms with Gasteiger partial charge in [0, 0.05) is 31.7 Å². The molecule has 1 atom stereocenters. The third-order valence-corrected chi connectivity index (χ3v) is 11.1. The molecule has 16 heteroatoms. The highest BCUT2D eigenvalue weighted by molar-refractivity contribution is 7.89. The van der Waals surface area contributed by atoms with E-state index in [9.17, 15) is 26.4 Å². The van der Waals surface area contributed by atoms with Crippen LogP contribution >= 0.6 is 0 Å². The minimum atomic E-state index is -5.08. The van der Waals surface area contributed by atoms with Crippen LogP contribution in [0, 0.1) is 0 Å². The van der Waals surface area contributed by atoms with Gasteiger partial charge in [-0.05, 0) is 110 Å². The van der Waals surface area contributed by atoms with Crippen molar-refractivity contribution in [3.05, 3.63) is 96.6 Å². The van der Waals surface area contributed by atoms with Gasteiger partial charge in [-0.2, -0.15) is 26.3 Å². The molecule has 0 radical (unpaired) electrons. The van der Waals surface area contributed by atoms with Crippen LogP contribution in [0.4, 0.5) is 22.0 Å². The molecule has 4 aromatic carbocycles. The van der Waals surface area contributed by atoms with Gasteiger partial charge in [-0.1, -0.05) is 30.3 Å². The maximum Gasteiger partial charge on any atom is 0.490 e. The van der Waals surface area contributed by atoms with Crippen LogP contribution in [0.15, 0.2) is 95.9 Å². The Kier molecular flexibility index (Phi) is 12.5. The highest BCUT2D eigenvalue weighted by atomic mass is 32.2. The van der Waals surface area contributed by atoms with Crippen molar-refractivity contribution in [2.75, 3.05) is 20.1 Å². The summed E-state index contributed by atoms with van der Waals surface area (Å²) in [7, 11) is -3.53. The number of fused-ring (bicyclic) bond motifs is 1. The summed E-state index contributed by atoms with van der Waals surface area (Å²) < 4.78 is 105. The number of piperidine rings is 1. The Bertz CT molecular complexity index is 2020. The van der Waals surface area contributed by atoms with Gasteiger partial charge in [0.1, 0.15) is 17.2 Å². The van der Waals surface area contributed by atoms with Gasteiger partial charge in [-0.3, -0.25) is 4.79 Å². The van der Waals surface area contributed by atoms with Gasteiger partial charge in [0.15, 0.2) is 6.04 Å². The van der Waals surface area contributed by atoms with E-state index in [1.165, 1.54) is 29.2 Å². The first-order chi connectivity index (χ1) is 25.5.